The van der Waals surface area contributed by atoms with Gasteiger partial charge in [0.25, 0.3) is 10.0 Å². The number of hydrogen-bond donors (Lipinski definition) is 0. The number of imidazole rings is 1. The average Bonchev–Trinajstić information content (AvgIpc) is 3.42. The Kier molecular flexibility index (Phi) is 9.47. The van der Waals surface area contributed by atoms with Crippen molar-refractivity contribution in [3.05, 3.63) is 64.3 Å². The van der Waals surface area contributed by atoms with Crippen LogP contribution in [-0.2, 0) is 33.0 Å². The Bertz CT molecular complexity index is 1540. The number of nitrogens with zero attached hydrogens (tertiary/aromatic N) is 3. The van der Waals surface area contributed by atoms with Gasteiger partial charge < -0.3 is 18.8 Å². The zero-order valence-corrected chi connectivity index (χ0v) is 25.4. The van der Waals surface area contributed by atoms with Gasteiger partial charge in [-0.25, -0.2) is 23.2 Å². The fourth-order valence-corrected chi connectivity index (χ4v) is 7.88. The molecule has 0 spiro atoms. The third-order valence-corrected chi connectivity index (χ3v) is 10.4. The summed E-state index contributed by atoms with van der Waals surface area (Å²) in [7, 11) is -2.45. The normalized spacial score (nSPS) is 18.3. The molecule has 2 atom stereocenters. The molecule has 5 rings (SSSR count). The SMILES string of the molecule is Cn1cnc(S(=O)(=O)N2CCS[C@H]2C(=O)O[C@@H](Cc2c(Cl)c[nH+]cc2Cl)c2ccc(OC(F)F)c(OCC3CC3)c2)c1. The van der Waals surface area contributed by atoms with Crippen molar-refractivity contribution in [3.8, 4) is 11.5 Å². The first-order chi connectivity index (χ1) is 20.0. The van der Waals surface area contributed by atoms with Gasteiger partial charge in [0.05, 0.1) is 12.9 Å². The van der Waals surface area contributed by atoms with E-state index >= 15 is 0 Å². The van der Waals surface area contributed by atoms with E-state index in [0.717, 1.165) is 28.9 Å². The van der Waals surface area contributed by atoms with Gasteiger partial charge in [0.15, 0.2) is 34.3 Å². The highest BCUT2D eigenvalue weighted by molar-refractivity contribution is 8.02. The summed E-state index contributed by atoms with van der Waals surface area (Å²) in [6.45, 7) is -2.67. The molecule has 0 bridgehead atoms. The van der Waals surface area contributed by atoms with Crippen LogP contribution in [0.15, 0.2) is 48.1 Å². The zero-order chi connectivity index (χ0) is 30.0. The minimum atomic E-state index is -4.09. The Hall–Kier alpha value is -2.65. The van der Waals surface area contributed by atoms with E-state index in [1.807, 2.05) is 0 Å². The van der Waals surface area contributed by atoms with Crippen LogP contribution < -0.4 is 14.5 Å². The highest BCUT2D eigenvalue weighted by Gasteiger charge is 2.43. The summed E-state index contributed by atoms with van der Waals surface area (Å²) in [4.78, 5) is 20.4. The predicted molar refractivity (Wildman–Crippen MR) is 150 cm³/mol. The number of thioether (sulfide) groups is 1. The standard InChI is InChI=1S/C26H26Cl2F2N4O6S2/c1-33-12-23(32-14-33)42(36,37)34-6-7-41-24(34)25(35)39-21(9-17-18(27)10-31-11-19(17)28)16-4-5-20(40-26(29)30)22(8-16)38-13-15-2-3-15/h4-5,8,10-12,14-15,21,24,26H,2-3,6-7,9,13H2,1H3/p+1/t21-,24-/m0/s1. The number of H-pyrrole nitrogens is 1. The van der Waals surface area contributed by atoms with E-state index in [-0.39, 0.29) is 39.5 Å². The highest BCUT2D eigenvalue weighted by Crippen LogP contribution is 2.39. The molecule has 3 aromatic rings. The number of aryl methyl sites for hydroxylation is 1. The molecule has 0 radical (unpaired) electrons. The fourth-order valence-electron chi connectivity index (χ4n) is 4.33. The van der Waals surface area contributed by atoms with Crippen molar-refractivity contribution in [2.75, 3.05) is 18.9 Å². The molecule has 1 N–H and O–H groups in total. The number of hydrogen-bond acceptors (Lipinski definition) is 8. The summed E-state index contributed by atoms with van der Waals surface area (Å²) < 4.78 is 71.8. The maximum atomic E-state index is 13.6. The second-order valence-corrected chi connectivity index (χ2v) is 13.7. The number of pyridine rings is 1. The smallest absolute Gasteiger partial charge is 0.387 e. The molecule has 1 aliphatic heterocycles. The van der Waals surface area contributed by atoms with Crippen molar-refractivity contribution < 1.29 is 41.2 Å². The summed E-state index contributed by atoms with van der Waals surface area (Å²) in [5, 5.41) is -0.809. The molecule has 226 valence electrons. The fraction of sp³-hybridized carbons (Fsp3) is 0.423. The second kappa shape index (κ2) is 12.9. The van der Waals surface area contributed by atoms with E-state index in [9.17, 15) is 22.0 Å². The van der Waals surface area contributed by atoms with Gasteiger partial charge in [-0.05, 0) is 36.5 Å². The van der Waals surface area contributed by atoms with Crippen molar-refractivity contribution in [3.63, 3.8) is 0 Å². The van der Waals surface area contributed by atoms with E-state index in [1.165, 1.54) is 47.7 Å². The predicted octanol–water partition coefficient (Wildman–Crippen LogP) is 4.52. The zero-order valence-electron chi connectivity index (χ0n) is 22.2. The number of ether oxygens (including phenoxy) is 3. The second-order valence-electron chi connectivity index (χ2n) is 9.81. The number of carbonyl (C=O) groups excluding carboxylic acids is 1. The third kappa shape index (κ3) is 7.10. The molecule has 1 saturated heterocycles. The summed E-state index contributed by atoms with van der Waals surface area (Å²) in [6.07, 6.45) is 6.65. The molecule has 2 fully saturated rings. The van der Waals surface area contributed by atoms with E-state index in [2.05, 4.69) is 14.7 Å². The number of aromatic amines is 1. The minimum Gasteiger partial charge on any atom is -0.489 e. The summed E-state index contributed by atoms with van der Waals surface area (Å²) in [6, 6.07) is 4.26. The lowest BCUT2D eigenvalue weighted by Crippen LogP contribution is -2.40. The van der Waals surface area contributed by atoms with Crippen molar-refractivity contribution in [2.24, 2.45) is 13.0 Å². The van der Waals surface area contributed by atoms with Crippen LogP contribution in [0.4, 0.5) is 8.78 Å². The molecule has 16 heteroatoms. The van der Waals surface area contributed by atoms with E-state index in [4.69, 9.17) is 32.7 Å². The van der Waals surface area contributed by atoms with Crippen LogP contribution in [0.3, 0.4) is 0 Å². The van der Waals surface area contributed by atoms with Crippen LogP contribution in [0.2, 0.25) is 10.0 Å². The number of rotatable bonds is 12. The quantitative estimate of drug-likeness (QED) is 0.260. The Balaban J connectivity index is 1.46. The van der Waals surface area contributed by atoms with E-state index < -0.39 is 34.1 Å². The lowest BCUT2D eigenvalue weighted by Gasteiger charge is -2.25. The molecular weight excluding hydrogens is 637 g/mol. The van der Waals surface area contributed by atoms with Gasteiger partial charge in [-0.1, -0.05) is 29.3 Å². The van der Waals surface area contributed by atoms with Gasteiger partial charge in [-0.2, -0.15) is 13.1 Å². The summed E-state index contributed by atoms with van der Waals surface area (Å²) >= 11 is 13.9. The molecule has 2 aromatic heterocycles. The van der Waals surface area contributed by atoms with Gasteiger partial charge in [0, 0.05) is 37.5 Å². The lowest BCUT2D eigenvalue weighted by atomic mass is 10.0. The molecule has 42 heavy (non-hydrogen) atoms. The van der Waals surface area contributed by atoms with E-state index in [1.54, 1.807) is 7.05 Å². The topological polar surface area (TPSA) is 114 Å². The Morgan fingerprint density at radius 3 is 2.60 bits per heavy atom. The highest BCUT2D eigenvalue weighted by atomic mass is 35.5. The number of aromatic nitrogens is 3. The molecule has 0 amide bonds. The first kappa shape index (κ1) is 30.8. The van der Waals surface area contributed by atoms with Crippen LogP contribution in [0.1, 0.15) is 30.1 Å². The molecular formula is C26H27Cl2F2N4O6S2+. The monoisotopic (exact) mass is 663 g/mol. The van der Waals surface area contributed by atoms with Gasteiger partial charge in [-0.3, -0.25) is 0 Å². The number of sulfonamides is 1. The number of benzene rings is 1. The maximum absolute atomic E-state index is 13.6. The largest absolute Gasteiger partial charge is 0.489 e. The van der Waals surface area contributed by atoms with Gasteiger partial charge >= 0.3 is 12.6 Å². The van der Waals surface area contributed by atoms with Gasteiger partial charge in [0.2, 0.25) is 0 Å². The number of halogens is 4. The van der Waals surface area contributed by atoms with Crippen LogP contribution in [-0.4, -0.2) is 59.1 Å². The van der Waals surface area contributed by atoms with Crippen molar-refractivity contribution in [2.45, 2.75) is 42.4 Å². The molecule has 1 saturated carbocycles. The van der Waals surface area contributed by atoms with Crippen LogP contribution in [0.5, 0.6) is 11.5 Å². The Labute approximate surface area is 255 Å². The maximum Gasteiger partial charge on any atom is 0.387 e. The number of nitrogens with one attached hydrogen (secondary N) is 1. The number of carbonyl (C=O) groups is 1. The third-order valence-electron chi connectivity index (χ3n) is 6.68. The number of alkyl halides is 2. The molecule has 1 aromatic carbocycles. The molecule has 10 nitrogen and oxygen atoms in total. The van der Waals surface area contributed by atoms with Crippen molar-refractivity contribution in [1.82, 2.24) is 13.9 Å². The van der Waals surface area contributed by atoms with Gasteiger partial charge in [-0.15, -0.1) is 11.8 Å². The summed E-state index contributed by atoms with van der Waals surface area (Å²) in [5.41, 5.74) is 0.845. The number of esters is 1. The molecule has 2 aliphatic rings. The minimum absolute atomic E-state index is 0.000416. The molecule has 0 unspecified atom stereocenters. The Morgan fingerprint density at radius 1 is 1.21 bits per heavy atom. The summed E-state index contributed by atoms with van der Waals surface area (Å²) in [5.74, 6) is -0.226. The molecule has 1 aliphatic carbocycles. The van der Waals surface area contributed by atoms with Gasteiger partial charge in [0.1, 0.15) is 16.1 Å². The lowest BCUT2D eigenvalue weighted by molar-refractivity contribution is -0.377. The van der Waals surface area contributed by atoms with Crippen LogP contribution in [0.25, 0.3) is 0 Å². The van der Waals surface area contributed by atoms with E-state index in [0.29, 0.717) is 29.4 Å². The van der Waals surface area contributed by atoms with Crippen LogP contribution >= 0.6 is 35.0 Å². The van der Waals surface area contributed by atoms with Crippen molar-refractivity contribution >= 4 is 51.0 Å². The van der Waals surface area contributed by atoms with Crippen molar-refractivity contribution in [1.29, 1.82) is 0 Å². The van der Waals surface area contributed by atoms with Crippen LogP contribution in [0, 0.1) is 5.92 Å². The average molecular weight is 665 g/mol. The molecule has 3 heterocycles. The Morgan fingerprint density at radius 2 is 1.95 bits per heavy atom. The first-order valence-corrected chi connectivity index (χ1v) is 16.1. The first-order valence-electron chi connectivity index (χ1n) is 12.9.